The van der Waals surface area contributed by atoms with E-state index in [1.165, 1.54) is 51.0 Å². The van der Waals surface area contributed by atoms with Gasteiger partial charge in [-0.2, -0.15) is 0 Å². The van der Waals surface area contributed by atoms with Gasteiger partial charge in [-0.05, 0) is 105 Å². The lowest BCUT2D eigenvalue weighted by molar-refractivity contribution is 0.119. The van der Waals surface area contributed by atoms with Crippen molar-refractivity contribution >= 4 is 0 Å². The predicted octanol–water partition coefficient (Wildman–Crippen LogP) is 10.3. The molecule has 0 radical (unpaired) electrons. The molecule has 2 aromatic rings. The molecule has 210 valence electrons. The normalized spacial score (nSPS) is 24.9. The summed E-state index contributed by atoms with van der Waals surface area (Å²) in [5, 5.41) is 0. The second-order valence-electron chi connectivity index (χ2n) is 12.3. The van der Waals surface area contributed by atoms with Gasteiger partial charge in [-0.1, -0.05) is 63.8 Å². The summed E-state index contributed by atoms with van der Waals surface area (Å²) in [6.45, 7) is 5.24. The van der Waals surface area contributed by atoms with Crippen LogP contribution in [0.5, 0.6) is 0 Å². The number of hydrogen-bond donors (Lipinski definition) is 0. The molecule has 2 saturated carbocycles. The van der Waals surface area contributed by atoms with Crippen LogP contribution in [0.15, 0.2) is 30.3 Å². The minimum atomic E-state index is -0.936. The molecule has 38 heavy (non-hydrogen) atoms. The van der Waals surface area contributed by atoms with Crippen LogP contribution in [0, 0.1) is 41.1 Å². The number of hydrogen-bond acceptors (Lipinski definition) is 1. The van der Waals surface area contributed by atoms with Crippen LogP contribution in [-0.2, 0) is 11.2 Å². The third-order valence-corrected chi connectivity index (χ3v) is 9.48. The van der Waals surface area contributed by atoms with Gasteiger partial charge in [0.05, 0.1) is 0 Å². The van der Waals surface area contributed by atoms with E-state index in [0.29, 0.717) is 23.8 Å². The molecule has 1 atom stereocenters. The molecular formula is C34H47F3O. The highest BCUT2D eigenvalue weighted by molar-refractivity contribution is 5.66. The van der Waals surface area contributed by atoms with Crippen molar-refractivity contribution < 1.29 is 17.9 Å². The first kappa shape index (κ1) is 29.2. The molecule has 0 N–H and O–H groups in total. The molecule has 0 bridgehead atoms. The topological polar surface area (TPSA) is 9.23 Å². The average Bonchev–Trinajstić information content (AvgIpc) is 2.92. The molecule has 1 nitrogen and oxygen atoms in total. The number of rotatable bonds is 11. The van der Waals surface area contributed by atoms with E-state index >= 15 is 4.39 Å². The van der Waals surface area contributed by atoms with E-state index in [0.717, 1.165) is 62.0 Å². The van der Waals surface area contributed by atoms with Gasteiger partial charge >= 0.3 is 0 Å². The average molecular weight is 529 g/mol. The molecule has 2 fully saturated rings. The quantitative estimate of drug-likeness (QED) is 0.264. The zero-order valence-electron chi connectivity index (χ0n) is 23.7. The summed E-state index contributed by atoms with van der Waals surface area (Å²) in [4.78, 5) is 0. The first-order valence-corrected chi connectivity index (χ1v) is 15.2. The van der Waals surface area contributed by atoms with Crippen LogP contribution < -0.4 is 0 Å². The Balaban J connectivity index is 1.32. The third kappa shape index (κ3) is 7.23. The molecule has 2 aliphatic carbocycles. The lowest BCUT2D eigenvalue weighted by Gasteiger charge is -2.38. The van der Waals surface area contributed by atoms with E-state index in [2.05, 4.69) is 13.8 Å². The molecule has 0 amide bonds. The fraction of sp³-hybridized carbons (Fsp3) is 0.647. The highest BCUT2D eigenvalue weighted by Gasteiger charge is 2.32. The zero-order chi connectivity index (χ0) is 27.1. The molecule has 0 aliphatic heterocycles. The Hall–Kier alpha value is -1.81. The first-order valence-electron chi connectivity index (χ1n) is 15.2. The van der Waals surface area contributed by atoms with E-state index in [1.54, 1.807) is 25.3 Å². The maximum atomic E-state index is 15.2. The minimum absolute atomic E-state index is 0.0155. The van der Waals surface area contributed by atoms with Gasteiger partial charge in [-0.15, -0.1) is 0 Å². The number of benzene rings is 2. The standard InChI is InChI=1S/C34H47F3O/c1-4-5-6-7-28-16-19-31(34(37)33(28)36)30-18-17-29(21-32(30)35)27-14-12-26(13-15-27)25-10-8-24(9-11-25)20-23(2)22-38-3/h16-19,21,23-27H,4-15,20,22H2,1-3H3. The largest absolute Gasteiger partial charge is 0.384 e. The molecular weight excluding hydrogens is 481 g/mol. The third-order valence-electron chi connectivity index (χ3n) is 9.48. The maximum absolute atomic E-state index is 15.2. The Morgan fingerprint density at radius 1 is 0.816 bits per heavy atom. The monoisotopic (exact) mass is 528 g/mol. The summed E-state index contributed by atoms with van der Waals surface area (Å²) in [6, 6.07) is 8.31. The first-order chi connectivity index (χ1) is 18.4. The van der Waals surface area contributed by atoms with Gasteiger partial charge in [0.25, 0.3) is 0 Å². The summed E-state index contributed by atoms with van der Waals surface area (Å²) >= 11 is 0. The maximum Gasteiger partial charge on any atom is 0.167 e. The lowest BCUT2D eigenvalue weighted by atomic mass is 9.67. The van der Waals surface area contributed by atoms with Crippen molar-refractivity contribution in [2.45, 2.75) is 103 Å². The van der Waals surface area contributed by atoms with Crippen molar-refractivity contribution in [2.24, 2.45) is 23.7 Å². The van der Waals surface area contributed by atoms with Crippen LogP contribution in [0.4, 0.5) is 13.2 Å². The second-order valence-corrected chi connectivity index (χ2v) is 12.3. The summed E-state index contributed by atoms with van der Waals surface area (Å²) in [5.41, 5.74) is 1.54. The van der Waals surface area contributed by atoms with E-state index in [4.69, 9.17) is 4.74 Å². The molecule has 0 saturated heterocycles. The van der Waals surface area contributed by atoms with Gasteiger partial charge in [0.15, 0.2) is 11.6 Å². The SMILES string of the molecule is CCCCCc1ccc(-c2ccc(C3CCC(C4CCC(CC(C)COC)CC4)CC3)cc2F)c(F)c1F. The van der Waals surface area contributed by atoms with Crippen LogP contribution in [0.25, 0.3) is 11.1 Å². The molecule has 0 aromatic heterocycles. The second kappa shape index (κ2) is 14.0. The Morgan fingerprint density at radius 3 is 2.11 bits per heavy atom. The van der Waals surface area contributed by atoms with E-state index in [-0.39, 0.29) is 11.1 Å². The van der Waals surface area contributed by atoms with Crippen molar-refractivity contribution in [2.75, 3.05) is 13.7 Å². The van der Waals surface area contributed by atoms with E-state index in [9.17, 15) is 8.78 Å². The van der Waals surface area contributed by atoms with E-state index < -0.39 is 17.5 Å². The van der Waals surface area contributed by atoms with Crippen LogP contribution >= 0.6 is 0 Å². The van der Waals surface area contributed by atoms with Crippen LogP contribution in [0.1, 0.15) is 108 Å². The number of halogens is 3. The lowest BCUT2D eigenvalue weighted by Crippen LogP contribution is -2.26. The fourth-order valence-electron chi connectivity index (χ4n) is 7.30. The van der Waals surface area contributed by atoms with Gasteiger partial charge in [-0.3, -0.25) is 0 Å². The van der Waals surface area contributed by atoms with Crippen molar-refractivity contribution in [1.82, 2.24) is 0 Å². The molecule has 4 rings (SSSR count). The Morgan fingerprint density at radius 2 is 1.47 bits per heavy atom. The summed E-state index contributed by atoms with van der Waals surface area (Å²) in [5.74, 6) is 1.26. The Labute approximate surface area is 228 Å². The van der Waals surface area contributed by atoms with Crippen molar-refractivity contribution in [3.8, 4) is 11.1 Å². The zero-order valence-corrected chi connectivity index (χ0v) is 23.7. The summed E-state index contributed by atoms with van der Waals surface area (Å²) < 4.78 is 50.1. The van der Waals surface area contributed by atoms with Gasteiger partial charge in [0.2, 0.25) is 0 Å². The molecule has 0 heterocycles. The molecule has 1 unspecified atom stereocenters. The van der Waals surface area contributed by atoms with Crippen LogP contribution in [0.3, 0.4) is 0 Å². The van der Waals surface area contributed by atoms with E-state index in [1.807, 2.05) is 6.07 Å². The number of unbranched alkanes of at least 4 members (excludes halogenated alkanes) is 2. The van der Waals surface area contributed by atoms with Gasteiger partial charge in [-0.25, -0.2) is 13.2 Å². The number of aryl methyl sites for hydroxylation is 1. The van der Waals surface area contributed by atoms with Crippen molar-refractivity contribution in [1.29, 1.82) is 0 Å². The predicted molar refractivity (Wildman–Crippen MR) is 151 cm³/mol. The van der Waals surface area contributed by atoms with Crippen LogP contribution in [0.2, 0.25) is 0 Å². The Kier molecular flexibility index (Phi) is 10.8. The smallest absolute Gasteiger partial charge is 0.167 e. The molecule has 2 aliphatic rings. The van der Waals surface area contributed by atoms with Gasteiger partial charge < -0.3 is 4.74 Å². The number of methoxy groups -OCH3 is 1. The van der Waals surface area contributed by atoms with Gasteiger partial charge in [0.1, 0.15) is 5.82 Å². The highest BCUT2D eigenvalue weighted by atomic mass is 19.2. The summed E-state index contributed by atoms with van der Waals surface area (Å²) in [7, 11) is 1.79. The van der Waals surface area contributed by atoms with Crippen molar-refractivity contribution in [3.05, 3.63) is 58.9 Å². The Bertz CT molecular complexity index is 1020. The fourth-order valence-corrected chi connectivity index (χ4v) is 7.30. The molecule has 0 spiro atoms. The number of ether oxygens (including phenoxy) is 1. The molecule has 2 aromatic carbocycles. The summed E-state index contributed by atoms with van der Waals surface area (Å²) in [6.07, 6.45) is 14.6. The van der Waals surface area contributed by atoms with Crippen molar-refractivity contribution in [3.63, 3.8) is 0 Å². The highest BCUT2D eigenvalue weighted by Crippen LogP contribution is 2.45. The van der Waals surface area contributed by atoms with Gasteiger partial charge in [0, 0.05) is 24.8 Å². The minimum Gasteiger partial charge on any atom is -0.384 e. The molecule has 4 heteroatoms. The van der Waals surface area contributed by atoms with Crippen LogP contribution in [-0.4, -0.2) is 13.7 Å².